The minimum atomic E-state index is -1.63. The van der Waals surface area contributed by atoms with Gasteiger partial charge < -0.3 is 19.0 Å². The molecular formula is C26H20ClF3O7S. The molecule has 3 rings (SSSR count). The van der Waals surface area contributed by atoms with Gasteiger partial charge in [0.2, 0.25) is 0 Å². The smallest absolute Gasteiger partial charge is 0.351 e. The number of carbonyl (C=O) groups is 2. The Bertz CT molecular complexity index is 1470. The summed E-state index contributed by atoms with van der Waals surface area (Å²) in [5.74, 6) is -6.48. The maximum atomic E-state index is 13.4. The fourth-order valence-electron chi connectivity index (χ4n) is 3.18. The molecular weight excluding hydrogens is 549 g/mol. The molecule has 7 nitrogen and oxygen atoms in total. The van der Waals surface area contributed by atoms with Crippen molar-refractivity contribution in [3.8, 4) is 16.6 Å². The van der Waals surface area contributed by atoms with E-state index < -0.39 is 46.1 Å². The molecule has 0 aliphatic heterocycles. The van der Waals surface area contributed by atoms with E-state index in [-0.39, 0.29) is 33.6 Å². The molecule has 0 bridgehead atoms. The lowest BCUT2D eigenvalue weighted by atomic mass is 10.0. The van der Waals surface area contributed by atoms with Gasteiger partial charge in [-0.2, -0.15) is 0 Å². The van der Waals surface area contributed by atoms with Gasteiger partial charge in [-0.25, -0.2) is 22.8 Å². The number of esters is 1. The van der Waals surface area contributed by atoms with E-state index in [1.54, 1.807) is 6.08 Å². The van der Waals surface area contributed by atoms with Gasteiger partial charge in [-0.3, -0.25) is 4.79 Å². The summed E-state index contributed by atoms with van der Waals surface area (Å²) < 4.78 is 55.0. The quantitative estimate of drug-likeness (QED) is 0.0965. The lowest BCUT2D eigenvalue weighted by Gasteiger charge is -2.05. The van der Waals surface area contributed by atoms with E-state index >= 15 is 0 Å². The number of allylic oxidation sites excluding steroid dienone is 2. The van der Waals surface area contributed by atoms with Crippen LogP contribution in [-0.2, 0) is 16.0 Å². The first-order valence-electron chi connectivity index (χ1n) is 10.9. The predicted octanol–water partition coefficient (Wildman–Crippen LogP) is 6.61. The molecule has 0 aliphatic carbocycles. The Morgan fingerprint density at radius 1 is 1.16 bits per heavy atom. The average Bonchev–Trinajstić information content (AvgIpc) is 3.19. The van der Waals surface area contributed by atoms with Crippen molar-refractivity contribution in [1.82, 2.24) is 0 Å². The van der Waals surface area contributed by atoms with Gasteiger partial charge >= 0.3 is 11.6 Å². The number of ketones is 1. The van der Waals surface area contributed by atoms with Crippen molar-refractivity contribution < 1.29 is 41.8 Å². The van der Waals surface area contributed by atoms with Crippen LogP contribution < -0.4 is 10.4 Å². The highest BCUT2D eigenvalue weighted by atomic mass is 35.5. The summed E-state index contributed by atoms with van der Waals surface area (Å²) >= 11 is 7.10. The zero-order valence-electron chi connectivity index (χ0n) is 20.0. The Hall–Kier alpha value is -3.83. The van der Waals surface area contributed by atoms with Crippen LogP contribution in [-0.4, -0.2) is 24.0 Å². The number of benzene rings is 1. The van der Waals surface area contributed by atoms with Crippen LogP contribution in [0.25, 0.3) is 6.08 Å². The zero-order chi connectivity index (χ0) is 28.0. The second-order valence-corrected chi connectivity index (χ2v) is 9.27. The van der Waals surface area contributed by atoms with Crippen LogP contribution in [0.2, 0.25) is 5.02 Å². The number of unbranched alkanes of at least 4 members (excludes halogenated alkanes) is 1. The minimum absolute atomic E-state index is 0.0301. The van der Waals surface area contributed by atoms with Gasteiger partial charge in [-0.15, -0.1) is 0 Å². The number of thiophene rings is 1. The third-order valence-corrected chi connectivity index (χ3v) is 6.41. The molecule has 0 saturated carbocycles. The van der Waals surface area contributed by atoms with Gasteiger partial charge in [0.15, 0.2) is 28.3 Å². The predicted molar refractivity (Wildman–Crippen MR) is 134 cm³/mol. The molecule has 0 saturated heterocycles. The largest absolute Gasteiger partial charge is 0.507 e. The molecule has 0 aliphatic rings. The Labute approximate surface area is 223 Å². The Kier molecular flexibility index (Phi) is 9.54. The summed E-state index contributed by atoms with van der Waals surface area (Å²) in [6.07, 6.45) is 5.46. The highest BCUT2D eigenvalue weighted by molar-refractivity contribution is 7.15. The van der Waals surface area contributed by atoms with Crippen molar-refractivity contribution in [2.45, 2.75) is 26.2 Å². The van der Waals surface area contributed by atoms with Gasteiger partial charge in [0, 0.05) is 41.6 Å². The van der Waals surface area contributed by atoms with Crippen molar-refractivity contribution in [2.24, 2.45) is 0 Å². The topological polar surface area (TPSA) is 103 Å². The van der Waals surface area contributed by atoms with Crippen molar-refractivity contribution in [1.29, 1.82) is 0 Å². The molecule has 0 amide bonds. The Morgan fingerprint density at radius 3 is 2.47 bits per heavy atom. The van der Waals surface area contributed by atoms with Gasteiger partial charge in [0.1, 0.15) is 22.8 Å². The van der Waals surface area contributed by atoms with E-state index in [9.17, 15) is 32.7 Å². The SMILES string of the molecule is COC(=O)/C=C/CCCc1cc(O)c(C(=O)/C(C)=C/c2sc(Oc3cc(F)c(F)c(F)c3)cc2Cl)c(=O)o1. The third kappa shape index (κ3) is 7.14. The maximum Gasteiger partial charge on any atom is 0.351 e. The van der Waals surface area contributed by atoms with Crippen molar-refractivity contribution >= 4 is 40.8 Å². The molecule has 0 radical (unpaired) electrons. The van der Waals surface area contributed by atoms with Crippen LogP contribution in [0.5, 0.6) is 16.6 Å². The lowest BCUT2D eigenvalue weighted by Crippen LogP contribution is -2.16. The molecule has 200 valence electrons. The van der Waals surface area contributed by atoms with E-state index in [0.717, 1.165) is 11.3 Å². The number of aryl methyl sites for hydroxylation is 1. The second kappa shape index (κ2) is 12.6. The summed E-state index contributed by atoms with van der Waals surface area (Å²) in [6.45, 7) is 1.39. The molecule has 38 heavy (non-hydrogen) atoms. The number of halogens is 4. The molecule has 12 heteroatoms. The van der Waals surface area contributed by atoms with Crippen LogP contribution >= 0.6 is 22.9 Å². The van der Waals surface area contributed by atoms with E-state index in [4.69, 9.17) is 20.8 Å². The molecule has 0 fully saturated rings. The van der Waals surface area contributed by atoms with Crippen LogP contribution in [0.15, 0.2) is 51.2 Å². The van der Waals surface area contributed by atoms with E-state index in [2.05, 4.69) is 4.74 Å². The normalized spacial score (nSPS) is 11.7. The van der Waals surface area contributed by atoms with E-state index in [0.29, 0.717) is 29.9 Å². The monoisotopic (exact) mass is 568 g/mol. The van der Waals surface area contributed by atoms with Gasteiger partial charge in [0.25, 0.3) is 0 Å². The van der Waals surface area contributed by atoms with E-state index in [1.165, 1.54) is 38.3 Å². The van der Waals surface area contributed by atoms with Gasteiger partial charge in [-0.05, 0) is 31.4 Å². The minimum Gasteiger partial charge on any atom is -0.507 e. The summed E-state index contributed by atoms with van der Waals surface area (Å²) in [5.41, 5.74) is -1.55. The number of rotatable bonds is 10. The summed E-state index contributed by atoms with van der Waals surface area (Å²) in [4.78, 5) is 36.7. The molecule has 1 aromatic carbocycles. The highest BCUT2D eigenvalue weighted by Gasteiger charge is 2.21. The molecule has 1 N–H and O–H groups in total. The fourth-order valence-corrected chi connectivity index (χ4v) is 4.44. The second-order valence-electron chi connectivity index (χ2n) is 7.82. The highest BCUT2D eigenvalue weighted by Crippen LogP contribution is 2.38. The lowest BCUT2D eigenvalue weighted by molar-refractivity contribution is -0.134. The summed E-state index contributed by atoms with van der Waals surface area (Å²) in [7, 11) is 1.26. The Morgan fingerprint density at radius 2 is 1.84 bits per heavy atom. The summed E-state index contributed by atoms with van der Waals surface area (Å²) in [5, 5.41) is 10.6. The van der Waals surface area contributed by atoms with Crippen LogP contribution in [0.4, 0.5) is 13.2 Å². The number of carbonyl (C=O) groups excluding carboxylic acids is 2. The number of methoxy groups -OCH3 is 1. The number of hydrogen-bond donors (Lipinski definition) is 1. The fraction of sp³-hybridized carbons (Fsp3) is 0.192. The van der Waals surface area contributed by atoms with Crippen molar-refractivity contribution in [2.75, 3.05) is 7.11 Å². The number of ether oxygens (including phenoxy) is 2. The van der Waals surface area contributed by atoms with Crippen molar-refractivity contribution in [3.05, 3.63) is 91.1 Å². The first-order chi connectivity index (χ1) is 18.0. The van der Waals surface area contributed by atoms with Crippen molar-refractivity contribution in [3.63, 3.8) is 0 Å². The molecule has 2 aromatic heterocycles. The zero-order valence-corrected chi connectivity index (χ0v) is 21.6. The van der Waals surface area contributed by atoms with E-state index in [1.807, 2.05) is 0 Å². The summed E-state index contributed by atoms with van der Waals surface area (Å²) in [6, 6.07) is 3.84. The molecule has 0 atom stereocenters. The van der Waals surface area contributed by atoms with Crippen LogP contribution in [0.1, 0.15) is 40.8 Å². The van der Waals surface area contributed by atoms with Crippen LogP contribution in [0.3, 0.4) is 0 Å². The first kappa shape index (κ1) is 28.7. The number of hydrogen-bond acceptors (Lipinski definition) is 8. The first-order valence-corrected chi connectivity index (χ1v) is 12.1. The molecule has 2 heterocycles. The number of Topliss-reactive ketones (excluding diaryl/α,β-unsaturated/α-hetero) is 1. The van der Waals surface area contributed by atoms with Gasteiger partial charge in [0.05, 0.1) is 12.1 Å². The van der Waals surface area contributed by atoms with Crippen LogP contribution in [0, 0.1) is 17.5 Å². The third-order valence-electron chi connectivity index (χ3n) is 5.03. The van der Waals surface area contributed by atoms with Gasteiger partial charge in [-0.1, -0.05) is 29.0 Å². The molecule has 3 aromatic rings. The molecule has 0 spiro atoms. The standard InChI is InChI=1S/C26H20ClF3O7S/c1-13(8-20-16(27)12-22(38-20)36-15-9-17(28)24(30)18(29)10-15)25(33)23-19(31)11-14(37-26(23)34)6-4-3-5-7-21(32)35-2/h5,7-12,31H,3-4,6H2,1-2H3/b7-5+,13-8+. The Balaban J connectivity index is 1.73. The molecule has 0 unspecified atom stereocenters. The maximum absolute atomic E-state index is 13.4. The average molecular weight is 569 g/mol. The number of aromatic hydroxyl groups is 1.